The van der Waals surface area contributed by atoms with Gasteiger partial charge in [-0.25, -0.2) is 0 Å². The number of carbonyl (C=O) groups excluding carboxylic acids is 2. The maximum atomic E-state index is 12.2. The van der Waals surface area contributed by atoms with E-state index in [0.717, 1.165) is 10.2 Å². The van der Waals surface area contributed by atoms with Crippen molar-refractivity contribution in [1.29, 1.82) is 0 Å². The minimum atomic E-state index is -0.369. The number of carbonyl (C=O) groups is 2. The van der Waals surface area contributed by atoms with Gasteiger partial charge in [0.2, 0.25) is 11.8 Å². The molecule has 144 valence electrons. The number of ether oxygens (including phenoxy) is 1. The van der Waals surface area contributed by atoms with Crippen LogP contribution in [-0.4, -0.2) is 36.9 Å². The zero-order chi connectivity index (χ0) is 19.8. The second kappa shape index (κ2) is 10.5. The van der Waals surface area contributed by atoms with Crippen LogP contribution in [-0.2, 0) is 9.59 Å². The Morgan fingerprint density at radius 1 is 1.15 bits per heavy atom. The van der Waals surface area contributed by atoms with E-state index in [1.807, 2.05) is 24.3 Å². The minimum Gasteiger partial charge on any atom is -0.494 e. The predicted octanol–water partition coefficient (Wildman–Crippen LogP) is 5.01. The Morgan fingerprint density at radius 2 is 1.81 bits per heavy atom. The summed E-state index contributed by atoms with van der Waals surface area (Å²) in [6.07, 6.45) is 0.832. The van der Waals surface area contributed by atoms with Crippen LogP contribution >= 0.6 is 39.1 Å². The lowest BCUT2D eigenvalue weighted by Gasteiger charge is -2.17. The first kappa shape index (κ1) is 21.5. The minimum absolute atomic E-state index is 0.0904. The van der Waals surface area contributed by atoms with Crippen LogP contribution in [0.3, 0.4) is 0 Å². The molecule has 0 heterocycles. The van der Waals surface area contributed by atoms with Crippen molar-refractivity contribution in [2.45, 2.75) is 12.8 Å². The van der Waals surface area contributed by atoms with Gasteiger partial charge >= 0.3 is 0 Å². The number of hydrogen-bond donors (Lipinski definition) is 1. The average Bonchev–Trinajstić information content (AvgIpc) is 2.62. The number of para-hydroxylation sites is 1. The molecule has 0 atom stereocenters. The molecule has 0 aliphatic carbocycles. The molecule has 0 radical (unpaired) electrons. The molecule has 5 nitrogen and oxygen atoms in total. The smallest absolute Gasteiger partial charge is 0.244 e. The van der Waals surface area contributed by atoms with Crippen molar-refractivity contribution in [2.75, 3.05) is 25.5 Å². The summed E-state index contributed by atoms with van der Waals surface area (Å²) in [7, 11) is 1.57. The van der Waals surface area contributed by atoms with Crippen molar-refractivity contribution < 1.29 is 14.3 Å². The van der Waals surface area contributed by atoms with Gasteiger partial charge in [-0.3, -0.25) is 9.59 Å². The van der Waals surface area contributed by atoms with Crippen molar-refractivity contribution in [1.82, 2.24) is 4.90 Å². The molecule has 0 saturated heterocycles. The summed E-state index contributed by atoms with van der Waals surface area (Å²) in [5.41, 5.74) is 0.342. The molecule has 1 N–H and O–H groups in total. The summed E-state index contributed by atoms with van der Waals surface area (Å²) >= 11 is 15.4. The Hall–Kier alpha value is -1.76. The first-order valence-corrected chi connectivity index (χ1v) is 9.78. The van der Waals surface area contributed by atoms with Gasteiger partial charge in [0.05, 0.1) is 28.9 Å². The molecule has 0 aliphatic rings. The summed E-state index contributed by atoms with van der Waals surface area (Å²) in [4.78, 5) is 25.6. The SMILES string of the molecule is CN(CC(=O)Nc1c(Cl)cccc1Cl)C(=O)CCCOc1cccc(Br)c1. The molecule has 0 fully saturated rings. The number of benzene rings is 2. The summed E-state index contributed by atoms with van der Waals surface area (Å²) in [5.74, 6) is 0.223. The van der Waals surface area contributed by atoms with Gasteiger partial charge in [0.15, 0.2) is 0 Å². The Labute approximate surface area is 176 Å². The van der Waals surface area contributed by atoms with E-state index in [4.69, 9.17) is 27.9 Å². The predicted molar refractivity (Wildman–Crippen MR) is 112 cm³/mol. The number of halogens is 3. The normalized spacial score (nSPS) is 10.4. The molecule has 0 bridgehead atoms. The highest BCUT2D eigenvalue weighted by Gasteiger charge is 2.15. The van der Waals surface area contributed by atoms with E-state index in [1.165, 1.54) is 4.90 Å². The highest BCUT2D eigenvalue weighted by Crippen LogP contribution is 2.29. The number of hydrogen-bond acceptors (Lipinski definition) is 3. The molecule has 8 heteroatoms. The van der Waals surface area contributed by atoms with Gasteiger partial charge in [0.1, 0.15) is 5.75 Å². The van der Waals surface area contributed by atoms with Crippen LogP contribution in [0.15, 0.2) is 46.9 Å². The van der Waals surface area contributed by atoms with Crippen LogP contribution in [0.2, 0.25) is 10.0 Å². The van der Waals surface area contributed by atoms with Crippen LogP contribution < -0.4 is 10.1 Å². The second-order valence-electron chi connectivity index (χ2n) is 5.80. The quantitative estimate of drug-likeness (QED) is 0.548. The number of nitrogens with zero attached hydrogens (tertiary/aromatic N) is 1. The van der Waals surface area contributed by atoms with Crippen LogP contribution in [0.25, 0.3) is 0 Å². The van der Waals surface area contributed by atoms with Gasteiger partial charge < -0.3 is 15.0 Å². The fourth-order valence-corrected chi connectivity index (χ4v) is 3.13. The molecule has 0 unspecified atom stereocenters. The molecule has 2 rings (SSSR count). The second-order valence-corrected chi connectivity index (χ2v) is 7.53. The molecule has 27 heavy (non-hydrogen) atoms. The third kappa shape index (κ3) is 7.05. The van der Waals surface area contributed by atoms with E-state index in [1.54, 1.807) is 25.2 Å². The lowest BCUT2D eigenvalue weighted by Crippen LogP contribution is -2.35. The first-order valence-electron chi connectivity index (χ1n) is 8.23. The van der Waals surface area contributed by atoms with Gasteiger partial charge in [-0.1, -0.05) is 51.3 Å². The highest BCUT2D eigenvalue weighted by atomic mass is 79.9. The maximum Gasteiger partial charge on any atom is 0.244 e. The van der Waals surface area contributed by atoms with E-state index in [2.05, 4.69) is 21.2 Å². The monoisotopic (exact) mass is 472 g/mol. The zero-order valence-electron chi connectivity index (χ0n) is 14.7. The van der Waals surface area contributed by atoms with Gasteiger partial charge in [-0.2, -0.15) is 0 Å². The van der Waals surface area contributed by atoms with Gasteiger partial charge in [-0.05, 0) is 36.8 Å². The van der Waals surface area contributed by atoms with Crippen molar-refractivity contribution in [2.24, 2.45) is 0 Å². The topological polar surface area (TPSA) is 58.6 Å². The number of amides is 2. The number of likely N-dealkylation sites (N-methyl/N-ethyl adjacent to an activating group) is 1. The van der Waals surface area contributed by atoms with E-state index in [9.17, 15) is 9.59 Å². The highest BCUT2D eigenvalue weighted by molar-refractivity contribution is 9.10. The van der Waals surface area contributed by atoms with E-state index >= 15 is 0 Å². The zero-order valence-corrected chi connectivity index (χ0v) is 17.8. The molecule has 0 aliphatic heterocycles. The fraction of sp³-hybridized carbons (Fsp3) is 0.263. The molecule has 2 amide bonds. The number of nitrogens with one attached hydrogen (secondary N) is 1. The summed E-state index contributed by atoms with van der Waals surface area (Å²) in [6, 6.07) is 12.4. The Bertz CT molecular complexity index is 797. The molecule has 0 spiro atoms. The van der Waals surface area contributed by atoms with Crippen molar-refractivity contribution in [3.63, 3.8) is 0 Å². The number of rotatable bonds is 8. The van der Waals surface area contributed by atoms with Crippen molar-refractivity contribution >= 4 is 56.6 Å². The summed E-state index contributed by atoms with van der Waals surface area (Å²) in [6.45, 7) is 0.324. The van der Waals surface area contributed by atoms with Crippen LogP contribution in [0.4, 0.5) is 5.69 Å². The van der Waals surface area contributed by atoms with E-state index in [-0.39, 0.29) is 24.8 Å². The van der Waals surface area contributed by atoms with Crippen LogP contribution in [0.1, 0.15) is 12.8 Å². The third-order valence-corrected chi connectivity index (χ3v) is 4.76. The molecular formula is C19H19BrCl2N2O3. The standard InChI is InChI=1S/C19H19BrCl2N2O3/c1-24(12-17(25)23-19-15(21)7-3-8-16(19)22)18(26)9-4-10-27-14-6-2-5-13(20)11-14/h2-3,5-8,11H,4,9-10,12H2,1H3,(H,23,25). The molecular weight excluding hydrogens is 455 g/mol. The van der Waals surface area contributed by atoms with E-state index < -0.39 is 0 Å². The third-order valence-electron chi connectivity index (χ3n) is 3.63. The van der Waals surface area contributed by atoms with E-state index in [0.29, 0.717) is 28.8 Å². The molecule has 2 aromatic rings. The van der Waals surface area contributed by atoms with Gasteiger partial charge in [-0.15, -0.1) is 0 Å². The van der Waals surface area contributed by atoms with Crippen molar-refractivity contribution in [3.05, 3.63) is 57.0 Å². The van der Waals surface area contributed by atoms with Gasteiger partial charge in [0.25, 0.3) is 0 Å². The maximum absolute atomic E-state index is 12.2. The molecule has 0 aromatic heterocycles. The molecule has 0 saturated carbocycles. The summed E-state index contributed by atoms with van der Waals surface area (Å²) < 4.78 is 6.53. The van der Waals surface area contributed by atoms with Crippen molar-refractivity contribution in [3.8, 4) is 5.75 Å². The van der Waals surface area contributed by atoms with Gasteiger partial charge in [0, 0.05) is 17.9 Å². The largest absolute Gasteiger partial charge is 0.494 e. The lowest BCUT2D eigenvalue weighted by atomic mass is 10.3. The fourth-order valence-electron chi connectivity index (χ4n) is 2.26. The lowest BCUT2D eigenvalue weighted by molar-refractivity contribution is -0.133. The summed E-state index contributed by atoms with van der Waals surface area (Å²) in [5, 5.41) is 3.32. The average molecular weight is 474 g/mol. The Kier molecular flexibility index (Phi) is 8.41. The molecule has 2 aromatic carbocycles. The first-order chi connectivity index (χ1) is 12.9. The van der Waals surface area contributed by atoms with Crippen LogP contribution in [0.5, 0.6) is 5.75 Å². The number of anilines is 1. The Balaban J connectivity index is 1.74. The Morgan fingerprint density at radius 3 is 2.48 bits per heavy atom. The van der Waals surface area contributed by atoms with Crippen LogP contribution in [0, 0.1) is 0 Å².